The van der Waals surface area contributed by atoms with E-state index in [4.69, 9.17) is 14.5 Å². The Morgan fingerprint density at radius 1 is 0.944 bits per heavy atom. The molecule has 0 saturated heterocycles. The molecule has 5 aromatic rings. The maximum absolute atomic E-state index is 13.4. The van der Waals surface area contributed by atoms with Crippen molar-refractivity contribution in [3.05, 3.63) is 95.8 Å². The molecule has 0 unspecified atom stereocenters. The Kier molecular flexibility index (Phi) is 6.32. The van der Waals surface area contributed by atoms with Crippen LogP contribution in [0.2, 0.25) is 0 Å². The maximum Gasteiger partial charge on any atom is 0.258 e. The van der Waals surface area contributed by atoms with Crippen LogP contribution in [0, 0.1) is 6.92 Å². The first-order valence-corrected chi connectivity index (χ1v) is 11.4. The van der Waals surface area contributed by atoms with Crippen molar-refractivity contribution in [3.63, 3.8) is 0 Å². The van der Waals surface area contributed by atoms with Gasteiger partial charge in [0.05, 0.1) is 37.5 Å². The Balaban J connectivity index is 1.45. The summed E-state index contributed by atoms with van der Waals surface area (Å²) in [5, 5.41) is 8.00. The van der Waals surface area contributed by atoms with Crippen LogP contribution in [-0.4, -0.2) is 39.9 Å². The standard InChI is InChI=1S/C28H25N5O3/c1-18-7-6-8-19(13-18)16-33-17-29-28(32-33)31-27(34)22-15-24(30-23-10-5-4-9-21(22)23)20-11-12-25(35-2)26(14-20)36-3/h4-15,17H,16H2,1-3H3,(H,31,32,34). The van der Waals surface area contributed by atoms with E-state index in [0.717, 1.165) is 16.5 Å². The fourth-order valence-electron chi connectivity index (χ4n) is 4.10. The molecule has 36 heavy (non-hydrogen) atoms. The normalized spacial score (nSPS) is 10.9. The highest BCUT2D eigenvalue weighted by Gasteiger charge is 2.17. The van der Waals surface area contributed by atoms with Crippen LogP contribution in [0.5, 0.6) is 11.5 Å². The number of carbonyl (C=O) groups excluding carboxylic acids is 1. The number of aryl methyl sites for hydroxylation is 1. The number of rotatable bonds is 7. The van der Waals surface area contributed by atoms with Gasteiger partial charge < -0.3 is 9.47 Å². The summed E-state index contributed by atoms with van der Waals surface area (Å²) in [5.74, 6) is 1.12. The minimum absolute atomic E-state index is 0.237. The van der Waals surface area contributed by atoms with Gasteiger partial charge in [-0.1, -0.05) is 48.0 Å². The first-order valence-electron chi connectivity index (χ1n) is 11.4. The van der Waals surface area contributed by atoms with Gasteiger partial charge in [0.2, 0.25) is 5.95 Å². The Hall–Kier alpha value is -4.72. The molecule has 5 rings (SSSR count). The van der Waals surface area contributed by atoms with E-state index in [9.17, 15) is 4.79 Å². The van der Waals surface area contributed by atoms with Crippen LogP contribution in [0.15, 0.2) is 79.1 Å². The van der Waals surface area contributed by atoms with Gasteiger partial charge in [-0.3, -0.25) is 10.1 Å². The monoisotopic (exact) mass is 479 g/mol. The van der Waals surface area contributed by atoms with Gasteiger partial charge >= 0.3 is 0 Å². The van der Waals surface area contributed by atoms with Crippen molar-refractivity contribution in [1.82, 2.24) is 19.7 Å². The van der Waals surface area contributed by atoms with E-state index < -0.39 is 0 Å². The molecule has 180 valence electrons. The van der Waals surface area contributed by atoms with Gasteiger partial charge in [0.15, 0.2) is 11.5 Å². The van der Waals surface area contributed by atoms with Gasteiger partial charge in [-0.15, -0.1) is 5.10 Å². The molecule has 2 aromatic heterocycles. The summed E-state index contributed by atoms with van der Waals surface area (Å²) < 4.78 is 12.5. The van der Waals surface area contributed by atoms with Gasteiger partial charge in [0.25, 0.3) is 5.91 Å². The minimum atomic E-state index is -0.316. The number of aromatic nitrogens is 4. The fraction of sp³-hybridized carbons (Fsp3) is 0.143. The molecule has 0 saturated carbocycles. The molecular formula is C28H25N5O3. The molecule has 3 aromatic carbocycles. The van der Waals surface area contributed by atoms with Crippen molar-refractivity contribution in [3.8, 4) is 22.8 Å². The van der Waals surface area contributed by atoms with E-state index in [1.54, 1.807) is 31.3 Å². The number of hydrogen-bond donors (Lipinski definition) is 1. The Morgan fingerprint density at radius 2 is 1.78 bits per heavy atom. The van der Waals surface area contributed by atoms with E-state index in [1.165, 1.54) is 5.56 Å². The third-order valence-electron chi connectivity index (χ3n) is 5.83. The van der Waals surface area contributed by atoms with Gasteiger partial charge in [-0.2, -0.15) is 0 Å². The summed E-state index contributed by atoms with van der Waals surface area (Å²) in [7, 11) is 3.17. The van der Waals surface area contributed by atoms with E-state index >= 15 is 0 Å². The van der Waals surface area contributed by atoms with Crippen molar-refractivity contribution < 1.29 is 14.3 Å². The van der Waals surface area contributed by atoms with Crippen LogP contribution in [0.25, 0.3) is 22.2 Å². The highest BCUT2D eigenvalue weighted by Crippen LogP contribution is 2.33. The zero-order valence-corrected chi connectivity index (χ0v) is 20.2. The number of methoxy groups -OCH3 is 2. The maximum atomic E-state index is 13.4. The van der Waals surface area contributed by atoms with Crippen LogP contribution in [-0.2, 0) is 6.54 Å². The van der Waals surface area contributed by atoms with Gasteiger partial charge in [0.1, 0.15) is 6.33 Å². The number of anilines is 1. The molecular weight excluding hydrogens is 454 g/mol. The average Bonchev–Trinajstić information content (AvgIpc) is 3.33. The average molecular weight is 480 g/mol. The van der Waals surface area contributed by atoms with Crippen molar-refractivity contribution in [2.45, 2.75) is 13.5 Å². The molecule has 0 fully saturated rings. The van der Waals surface area contributed by atoms with Crippen molar-refractivity contribution >= 4 is 22.8 Å². The van der Waals surface area contributed by atoms with Gasteiger partial charge in [-0.05, 0) is 42.8 Å². The topological polar surface area (TPSA) is 91.2 Å². The number of carbonyl (C=O) groups is 1. The number of nitrogens with zero attached hydrogens (tertiary/aromatic N) is 4. The number of para-hydroxylation sites is 1. The minimum Gasteiger partial charge on any atom is -0.493 e. The first-order chi connectivity index (χ1) is 17.5. The second kappa shape index (κ2) is 9.87. The smallest absolute Gasteiger partial charge is 0.258 e. The summed E-state index contributed by atoms with van der Waals surface area (Å²) in [6.07, 6.45) is 1.61. The Morgan fingerprint density at radius 3 is 2.58 bits per heavy atom. The molecule has 1 amide bonds. The highest BCUT2D eigenvalue weighted by molar-refractivity contribution is 6.12. The molecule has 0 atom stereocenters. The van der Waals surface area contributed by atoms with Crippen molar-refractivity contribution in [2.24, 2.45) is 0 Å². The zero-order valence-electron chi connectivity index (χ0n) is 20.2. The number of ether oxygens (including phenoxy) is 2. The molecule has 8 heteroatoms. The van der Waals surface area contributed by atoms with E-state index in [-0.39, 0.29) is 11.9 Å². The molecule has 0 spiro atoms. The van der Waals surface area contributed by atoms with E-state index in [0.29, 0.717) is 34.8 Å². The SMILES string of the molecule is COc1ccc(-c2cc(C(=O)Nc3ncn(Cc4cccc(C)c4)n3)c3ccccc3n2)cc1OC. The molecule has 0 aliphatic rings. The zero-order chi connectivity index (χ0) is 25.1. The number of hydrogen-bond acceptors (Lipinski definition) is 6. The van der Waals surface area contributed by atoms with Crippen LogP contribution in [0.3, 0.4) is 0 Å². The summed E-state index contributed by atoms with van der Waals surface area (Å²) >= 11 is 0. The number of benzene rings is 3. The second-order valence-corrected chi connectivity index (χ2v) is 8.35. The lowest BCUT2D eigenvalue weighted by atomic mass is 10.0. The van der Waals surface area contributed by atoms with Crippen LogP contribution in [0.4, 0.5) is 5.95 Å². The number of amides is 1. The number of pyridine rings is 1. The Labute approximate surface area is 208 Å². The third-order valence-corrected chi connectivity index (χ3v) is 5.83. The van der Waals surface area contributed by atoms with E-state index in [1.807, 2.05) is 67.6 Å². The van der Waals surface area contributed by atoms with Crippen molar-refractivity contribution in [2.75, 3.05) is 19.5 Å². The summed E-state index contributed by atoms with van der Waals surface area (Å²) in [5.41, 5.74) is 4.90. The number of nitrogens with one attached hydrogen (secondary N) is 1. The van der Waals surface area contributed by atoms with Crippen molar-refractivity contribution in [1.29, 1.82) is 0 Å². The summed E-state index contributed by atoms with van der Waals surface area (Å²) in [6.45, 7) is 2.61. The van der Waals surface area contributed by atoms with Crippen LogP contribution < -0.4 is 14.8 Å². The Bertz CT molecular complexity index is 1560. The molecule has 0 aliphatic heterocycles. The van der Waals surface area contributed by atoms with Gasteiger partial charge in [-0.25, -0.2) is 14.6 Å². The summed E-state index contributed by atoms with van der Waals surface area (Å²) in [6, 6.07) is 23.0. The molecule has 0 aliphatic carbocycles. The van der Waals surface area contributed by atoms with Gasteiger partial charge in [0, 0.05) is 10.9 Å². The predicted molar refractivity (Wildman–Crippen MR) is 139 cm³/mol. The van der Waals surface area contributed by atoms with Crippen LogP contribution >= 0.6 is 0 Å². The largest absolute Gasteiger partial charge is 0.493 e. The molecule has 0 bridgehead atoms. The highest BCUT2D eigenvalue weighted by atomic mass is 16.5. The second-order valence-electron chi connectivity index (χ2n) is 8.35. The fourth-order valence-corrected chi connectivity index (χ4v) is 4.10. The van der Waals surface area contributed by atoms with E-state index in [2.05, 4.69) is 21.5 Å². The predicted octanol–water partition coefficient (Wildman–Crippen LogP) is 5.12. The molecule has 2 heterocycles. The third kappa shape index (κ3) is 4.74. The quantitative estimate of drug-likeness (QED) is 0.348. The lowest BCUT2D eigenvalue weighted by molar-refractivity contribution is 0.102. The number of fused-ring (bicyclic) bond motifs is 1. The first kappa shape index (κ1) is 23.0. The molecule has 0 radical (unpaired) electrons. The lowest BCUT2D eigenvalue weighted by Crippen LogP contribution is -2.14. The molecule has 8 nitrogen and oxygen atoms in total. The molecule has 1 N–H and O–H groups in total. The van der Waals surface area contributed by atoms with Crippen LogP contribution in [0.1, 0.15) is 21.5 Å². The summed E-state index contributed by atoms with van der Waals surface area (Å²) in [4.78, 5) is 22.4. The lowest BCUT2D eigenvalue weighted by Gasteiger charge is -2.12.